The highest BCUT2D eigenvalue weighted by atomic mass is 127. The third kappa shape index (κ3) is 9.82. The third-order valence-electron chi connectivity index (χ3n) is 0. The van der Waals surface area contributed by atoms with E-state index in [-0.39, 0.29) is 48.0 Å². The lowest BCUT2D eigenvalue weighted by atomic mass is 11.0. The quantitative estimate of drug-likeness (QED) is 0.599. The van der Waals surface area contributed by atoms with E-state index in [2.05, 4.69) is 0 Å². The van der Waals surface area contributed by atoms with Crippen LogP contribution in [-0.2, 0) is 0 Å². The van der Waals surface area contributed by atoms with Crippen LogP contribution in [0.1, 0.15) is 13.8 Å². The summed E-state index contributed by atoms with van der Waals surface area (Å²) in [6.07, 6.45) is 0. The van der Waals surface area contributed by atoms with Gasteiger partial charge in [-0.25, -0.2) is 0 Å². The maximum Gasteiger partial charge on any atom is -0.0683 e. The molecule has 0 fully saturated rings. The van der Waals surface area contributed by atoms with Gasteiger partial charge < -0.3 is 0 Å². The molecular formula is C2H8I2. The van der Waals surface area contributed by atoms with Crippen LogP contribution in [0.5, 0.6) is 0 Å². The fraction of sp³-hybridized carbons (Fsp3) is 1.00. The maximum atomic E-state index is 2.00. The maximum absolute atomic E-state index is 2.00. The lowest BCUT2D eigenvalue weighted by Gasteiger charge is -1.07. The van der Waals surface area contributed by atoms with E-state index >= 15 is 0 Å². The Morgan fingerprint density at radius 1 is 0.750 bits per heavy atom. The Morgan fingerprint density at radius 3 is 0.750 bits per heavy atom. The summed E-state index contributed by atoms with van der Waals surface area (Å²) in [7, 11) is 0. The van der Waals surface area contributed by atoms with Crippen LogP contribution >= 0.6 is 48.0 Å². The molecule has 0 bridgehead atoms. The monoisotopic (exact) mass is 286 g/mol. The zero-order chi connectivity index (χ0) is 2.00. The van der Waals surface area contributed by atoms with E-state index in [1.165, 1.54) is 0 Å². The van der Waals surface area contributed by atoms with Crippen molar-refractivity contribution in [3.8, 4) is 0 Å². The fourth-order valence-electron chi connectivity index (χ4n) is 0. The molecule has 2 heteroatoms. The summed E-state index contributed by atoms with van der Waals surface area (Å²) in [6, 6.07) is 0. The normalized spacial score (nSPS) is 1.50. The van der Waals surface area contributed by atoms with Crippen LogP contribution < -0.4 is 0 Å². The average molecular weight is 286 g/mol. The molecule has 0 aromatic carbocycles. The molecular weight excluding hydrogens is 278 g/mol. The molecule has 0 amide bonds. The molecule has 0 saturated heterocycles. The zero-order valence-corrected chi connectivity index (χ0v) is 7.48. The first-order valence-electron chi connectivity index (χ1n) is 1.00. The minimum Gasteiger partial charge on any atom is -0.107 e. The van der Waals surface area contributed by atoms with E-state index < -0.39 is 0 Å². The van der Waals surface area contributed by atoms with E-state index in [9.17, 15) is 0 Å². The standard InChI is InChI=1S/C2H6.2HI/c1-2;;/h1-2H3;2*1H. The number of halogens is 2. The molecule has 0 aliphatic heterocycles. The van der Waals surface area contributed by atoms with Gasteiger partial charge in [-0.15, -0.1) is 48.0 Å². The number of rotatable bonds is 0. The molecule has 0 rings (SSSR count). The summed E-state index contributed by atoms with van der Waals surface area (Å²) in [5.41, 5.74) is 0. The molecule has 0 saturated carbocycles. The van der Waals surface area contributed by atoms with Crippen LogP contribution in [0.4, 0.5) is 0 Å². The van der Waals surface area contributed by atoms with Crippen molar-refractivity contribution in [2.75, 3.05) is 0 Å². The van der Waals surface area contributed by atoms with E-state index in [0.29, 0.717) is 0 Å². The van der Waals surface area contributed by atoms with Crippen molar-refractivity contribution in [1.82, 2.24) is 0 Å². The van der Waals surface area contributed by atoms with Gasteiger partial charge in [-0.2, -0.15) is 0 Å². The van der Waals surface area contributed by atoms with Crippen molar-refractivity contribution in [2.24, 2.45) is 0 Å². The summed E-state index contributed by atoms with van der Waals surface area (Å²) in [5, 5.41) is 0. The van der Waals surface area contributed by atoms with Gasteiger partial charge in [0.25, 0.3) is 0 Å². The smallest absolute Gasteiger partial charge is 0.0683 e. The molecule has 30 valence electrons. The van der Waals surface area contributed by atoms with Gasteiger partial charge in [0, 0.05) is 0 Å². The first-order valence-corrected chi connectivity index (χ1v) is 1.00. The summed E-state index contributed by atoms with van der Waals surface area (Å²) < 4.78 is 0. The van der Waals surface area contributed by atoms with Gasteiger partial charge in [0.2, 0.25) is 0 Å². The number of hydrogen-bond donors (Lipinski definition) is 0. The lowest BCUT2D eigenvalue weighted by Crippen LogP contribution is -0.856. The largest absolute Gasteiger partial charge is 0.107 e. The average Bonchev–Trinajstić information content (AvgIpc) is 1.00. The number of hydrogen-bond acceptors (Lipinski definition) is 0. The van der Waals surface area contributed by atoms with Crippen LogP contribution in [-0.4, -0.2) is 0 Å². The summed E-state index contributed by atoms with van der Waals surface area (Å²) in [5.74, 6) is 0. The summed E-state index contributed by atoms with van der Waals surface area (Å²) in [6.45, 7) is 4.00. The van der Waals surface area contributed by atoms with Gasteiger partial charge in [-0.05, 0) is 0 Å². The van der Waals surface area contributed by atoms with Gasteiger partial charge in [-0.1, -0.05) is 13.8 Å². The molecule has 0 radical (unpaired) electrons. The summed E-state index contributed by atoms with van der Waals surface area (Å²) >= 11 is 0. The van der Waals surface area contributed by atoms with Gasteiger partial charge >= 0.3 is 0 Å². The molecule has 0 aromatic rings. The second-order valence-corrected chi connectivity index (χ2v) is 0. The fourth-order valence-corrected chi connectivity index (χ4v) is 0. The molecule has 0 aliphatic carbocycles. The van der Waals surface area contributed by atoms with Gasteiger partial charge in [0.1, 0.15) is 0 Å². The molecule has 0 atom stereocenters. The van der Waals surface area contributed by atoms with Gasteiger partial charge in [0.05, 0.1) is 0 Å². The van der Waals surface area contributed by atoms with E-state index in [4.69, 9.17) is 0 Å². The molecule has 0 N–H and O–H groups in total. The predicted octanol–water partition coefficient (Wildman–Crippen LogP) is 2.26. The van der Waals surface area contributed by atoms with Crippen molar-refractivity contribution in [3.63, 3.8) is 0 Å². The second kappa shape index (κ2) is 25.0. The van der Waals surface area contributed by atoms with Crippen molar-refractivity contribution in [1.29, 1.82) is 0 Å². The highest BCUT2D eigenvalue weighted by molar-refractivity contribution is 14.0. The van der Waals surface area contributed by atoms with Crippen LogP contribution in [0, 0.1) is 0 Å². The van der Waals surface area contributed by atoms with E-state index in [1.807, 2.05) is 13.8 Å². The Bertz CT molecular complexity index is 4.00. The molecule has 0 aromatic heterocycles. The first-order chi connectivity index (χ1) is 1.00. The minimum atomic E-state index is 0. The Morgan fingerprint density at radius 2 is 0.750 bits per heavy atom. The van der Waals surface area contributed by atoms with Crippen LogP contribution in [0.2, 0.25) is 0 Å². The van der Waals surface area contributed by atoms with E-state index in [0.717, 1.165) is 0 Å². The van der Waals surface area contributed by atoms with Crippen LogP contribution in [0.3, 0.4) is 0 Å². The highest BCUT2D eigenvalue weighted by Crippen LogP contribution is 1.14. The SMILES string of the molecule is CC.I.I. The van der Waals surface area contributed by atoms with Crippen molar-refractivity contribution in [2.45, 2.75) is 13.8 Å². The zero-order valence-electron chi connectivity index (χ0n) is 2.82. The molecule has 0 unspecified atom stereocenters. The molecule has 0 spiro atoms. The molecule has 0 heterocycles. The third-order valence-corrected chi connectivity index (χ3v) is 0. The van der Waals surface area contributed by atoms with Crippen molar-refractivity contribution < 1.29 is 0 Å². The Kier molecular flexibility index (Phi) is 112. The topological polar surface area (TPSA) is 0 Å². The summed E-state index contributed by atoms with van der Waals surface area (Å²) in [4.78, 5) is 0. The lowest BCUT2D eigenvalue weighted by molar-refractivity contribution is 1.50. The molecule has 4 heavy (non-hydrogen) atoms. The molecule has 0 nitrogen and oxygen atoms in total. The van der Waals surface area contributed by atoms with Gasteiger partial charge in [0.15, 0.2) is 0 Å². The first kappa shape index (κ1) is 17.9. The van der Waals surface area contributed by atoms with E-state index in [1.54, 1.807) is 0 Å². The molecule has 0 aliphatic rings. The van der Waals surface area contributed by atoms with Crippen LogP contribution in [0.25, 0.3) is 0 Å². The Balaban J connectivity index is -0.00000000500. The van der Waals surface area contributed by atoms with Crippen LogP contribution in [0.15, 0.2) is 0 Å². The van der Waals surface area contributed by atoms with Gasteiger partial charge in [-0.3, -0.25) is 0 Å². The highest BCUT2D eigenvalue weighted by Gasteiger charge is 0.932. The van der Waals surface area contributed by atoms with Crippen molar-refractivity contribution in [3.05, 3.63) is 0 Å². The Hall–Kier alpha value is 1.46. The Labute approximate surface area is 61.4 Å². The second-order valence-electron chi connectivity index (χ2n) is 0. The van der Waals surface area contributed by atoms with Crippen molar-refractivity contribution >= 4 is 48.0 Å². The predicted molar refractivity (Wildman–Crippen MR) is 42.2 cm³/mol. The minimum absolute atomic E-state index is 0.